The van der Waals surface area contributed by atoms with Crippen LogP contribution in [0.2, 0.25) is 10.4 Å². The molecule has 1 amide bonds. The van der Waals surface area contributed by atoms with E-state index in [1.165, 1.54) is 6.07 Å². The standard InChI is InChI=1S/C7H7Cl2N3O3/c8-4-3-5(11-6(9)10-4)12-7(14)15-2-1-13/h3,13H,1-2H2,(H,10,11,12,14). The molecule has 0 bridgehead atoms. The number of carbonyl (C=O) groups excluding carboxylic acids is 1. The van der Waals surface area contributed by atoms with Crippen molar-refractivity contribution >= 4 is 35.1 Å². The van der Waals surface area contributed by atoms with Gasteiger partial charge in [0.1, 0.15) is 17.6 Å². The summed E-state index contributed by atoms with van der Waals surface area (Å²) in [6, 6.07) is 1.31. The number of ether oxygens (including phenoxy) is 1. The molecule has 8 heteroatoms. The van der Waals surface area contributed by atoms with Gasteiger partial charge in [-0.15, -0.1) is 0 Å². The summed E-state index contributed by atoms with van der Waals surface area (Å²) >= 11 is 11.1. The number of anilines is 1. The van der Waals surface area contributed by atoms with Gasteiger partial charge in [0.05, 0.1) is 6.61 Å². The van der Waals surface area contributed by atoms with E-state index in [2.05, 4.69) is 20.0 Å². The SMILES string of the molecule is O=C(Nc1cc(Cl)nc(Cl)n1)OCCO. The third-order valence-electron chi connectivity index (χ3n) is 1.22. The van der Waals surface area contributed by atoms with Crippen molar-refractivity contribution in [2.24, 2.45) is 0 Å². The lowest BCUT2D eigenvalue weighted by Gasteiger charge is -2.04. The topological polar surface area (TPSA) is 84.3 Å². The number of amides is 1. The largest absolute Gasteiger partial charge is 0.447 e. The highest BCUT2D eigenvalue weighted by Gasteiger charge is 2.06. The van der Waals surface area contributed by atoms with Gasteiger partial charge in [0.15, 0.2) is 0 Å². The highest BCUT2D eigenvalue weighted by atomic mass is 35.5. The number of aliphatic hydroxyl groups excluding tert-OH is 1. The first kappa shape index (κ1) is 12.0. The summed E-state index contributed by atoms with van der Waals surface area (Å²) in [6.45, 7) is -0.350. The van der Waals surface area contributed by atoms with Gasteiger partial charge in [-0.25, -0.2) is 14.8 Å². The van der Waals surface area contributed by atoms with Gasteiger partial charge in [-0.2, -0.15) is 0 Å². The molecule has 0 radical (unpaired) electrons. The monoisotopic (exact) mass is 251 g/mol. The summed E-state index contributed by atoms with van der Waals surface area (Å²) in [5.41, 5.74) is 0. The zero-order valence-electron chi connectivity index (χ0n) is 7.41. The molecule has 2 N–H and O–H groups in total. The molecule has 6 nitrogen and oxygen atoms in total. The maximum Gasteiger partial charge on any atom is 0.412 e. The summed E-state index contributed by atoms with van der Waals surface area (Å²) in [7, 11) is 0. The van der Waals surface area contributed by atoms with Crippen LogP contribution in [-0.2, 0) is 4.74 Å². The van der Waals surface area contributed by atoms with Gasteiger partial charge in [0, 0.05) is 6.07 Å². The molecule has 0 fully saturated rings. The molecule has 1 rings (SSSR count). The molecule has 0 spiro atoms. The molecular weight excluding hydrogens is 245 g/mol. The number of carbonyl (C=O) groups is 1. The van der Waals surface area contributed by atoms with Gasteiger partial charge in [0.2, 0.25) is 5.28 Å². The van der Waals surface area contributed by atoms with Crippen molar-refractivity contribution in [2.45, 2.75) is 0 Å². The van der Waals surface area contributed by atoms with Crippen molar-refractivity contribution in [2.75, 3.05) is 18.5 Å². The summed E-state index contributed by atoms with van der Waals surface area (Å²) in [5, 5.41) is 10.7. The van der Waals surface area contributed by atoms with Gasteiger partial charge in [-0.1, -0.05) is 11.6 Å². The van der Waals surface area contributed by atoms with Crippen LogP contribution in [0.25, 0.3) is 0 Å². The van der Waals surface area contributed by atoms with Crippen molar-refractivity contribution in [3.8, 4) is 0 Å². The fourth-order valence-corrected chi connectivity index (χ4v) is 1.14. The minimum Gasteiger partial charge on any atom is -0.447 e. The average molecular weight is 252 g/mol. The predicted molar refractivity (Wildman–Crippen MR) is 54.1 cm³/mol. The Hall–Kier alpha value is -1.11. The first-order chi connectivity index (χ1) is 7.11. The minimum atomic E-state index is -0.755. The van der Waals surface area contributed by atoms with Gasteiger partial charge in [-0.05, 0) is 11.6 Å². The molecule has 15 heavy (non-hydrogen) atoms. The van der Waals surface area contributed by atoms with Gasteiger partial charge in [-0.3, -0.25) is 5.32 Å². The van der Waals surface area contributed by atoms with E-state index >= 15 is 0 Å². The Morgan fingerprint density at radius 1 is 1.53 bits per heavy atom. The molecule has 1 heterocycles. The Morgan fingerprint density at radius 2 is 2.27 bits per heavy atom. The molecule has 0 aliphatic heterocycles. The minimum absolute atomic E-state index is 0.0834. The van der Waals surface area contributed by atoms with E-state index in [4.69, 9.17) is 28.3 Å². The zero-order chi connectivity index (χ0) is 11.3. The second kappa shape index (κ2) is 5.69. The summed E-state index contributed by atoms with van der Waals surface area (Å²) in [6.07, 6.45) is -0.755. The van der Waals surface area contributed by atoms with E-state index in [1.807, 2.05) is 0 Å². The van der Waals surface area contributed by atoms with Crippen molar-refractivity contribution in [3.05, 3.63) is 16.5 Å². The van der Waals surface area contributed by atoms with Crippen LogP contribution in [-0.4, -0.2) is 34.4 Å². The number of nitrogens with one attached hydrogen (secondary N) is 1. The lowest BCUT2D eigenvalue weighted by molar-refractivity contribution is 0.131. The van der Waals surface area contributed by atoms with Crippen LogP contribution in [0.5, 0.6) is 0 Å². The van der Waals surface area contributed by atoms with Crippen molar-refractivity contribution in [3.63, 3.8) is 0 Å². The molecule has 0 atom stereocenters. The molecule has 1 aromatic rings. The maximum absolute atomic E-state index is 11.0. The Balaban J connectivity index is 2.60. The molecule has 0 aromatic carbocycles. The second-order valence-electron chi connectivity index (χ2n) is 2.33. The number of halogens is 2. The van der Waals surface area contributed by atoms with Crippen LogP contribution in [0.3, 0.4) is 0 Å². The van der Waals surface area contributed by atoms with E-state index in [-0.39, 0.29) is 29.5 Å². The van der Waals surface area contributed by atoms with Crippen LogP contribution < -0.4 is 5.32 Å². The predicted octanol–water partition coefficient (Wildman–Crippen LogP) is 1.32. The van der Waals surface area contributed by atoms with Crippen LogP contribution in [0.15, 0.2) is 6.07 Å². The van der Waals surface area contributed by atoms with E-state index in [9.17, 15) is 4.79 Å². The summed E-state index contributed by atoms with van der Waals surface area (Å²) in [4.78, 5) is 18.3. The number of rotatable bonds is 3. The van der Waals surface area contributed by atoms with E-state index in [1.54, 1.807) is 0 Å². The van der Waals surface area contributed by atoms with Crippen molar-refractivity contribution in [1.82, 2.24) is 9.97 Å². The third kappa shape index (κ3) is 4.28. The molecule has 0 saturated heterocycles. The molecule has 0 saturated carbocycles. The lowest BCUT2D eigenvalue weighted by Crippen LogP contribution is -2.16. The second-order valence-corrected chi connectivity index (χ2v) is 3.05. The fourth-order valence-electron chi connectivity index (χ4n) is 0.733. The van der Waals surface area contributed by atoms with Crippen LogP contribution in [0, 0.1) is 0 Å². The Labute approximate surface area is 95.2 Å². The quantitative estimate of drug-likeness (QED) is 0.626. The highest BCUT2D eigenvalue weighted by molar-refractivity contribution is 6.32. The van der Waals surface area contributed by atoms with Crippen LogP contribution in [0.4, 0.5) is 10.6 Å². The average Bonchev–Trinajstić information content (AvgIpc) is 2.13. The number of aromatic nitrogens is 2. The number of aliphatic hydroxyl groups is 1. The molecule has 1 aromatic heterocycles. The zero-order valence-corrected chi connectivity index (χ0v) is 8.92. The normalized spacial score (nSPS) is 9.80. The highest BCUT2D eigenvalue weighted by Crippen LogP contribution is 2.14. The number of hydrogen-bond donors (Lipinski definition) is 2. The molecule has 82 valence electrons. The van der Waals surface area contributed by atoms with Gasteiger partial charge in [0.25, 0.3) is 0 Å². The number of hydrogen-bond acceptors (Lipinski definition) is 5. The Morgan fingerprint density at radius 3 is 2.87 bits per heavy atom. The molecule has 0 aliphatic rings. The first-order valence-electron chi connectivity index (χ1n) is 3.86. The molecule has 0 aliphatic carbocycles. The van der Waals surface area contributed by atoms with Crippen molar-refractivity contribution in [1.29, 1.82) is 0 Å². The van der Waals surface area contributed by atoms with E-state index in [0.717, 1.165) is 0 Å². The fraction of sp³-hybridized carbons (Fsp3) is 0.286. The van der Waals surface area contributed by atoms with Crippen molar-refractivity contribution < 1.29 is 14.6 Å². The summed E-state index contributed by atoms with van der Waals surface area (Å²) < 4.78 is 4.53. The van der Waals surface area contributed by atoms with E-state index < -0.39 is 6.09 Å². The van der Waals surface area contributed by atoms with Gasteiger partial charge < -0.3 is 9.84 Å². The van der Waals surface area contributed by atoms with Crippen LogP contribution >= 0.6 is 23.2 Å². The maximum atomic E-state index is 11.0. The lowest BCUT2D eigenvalue weighted by atomic mass is 10.6. The molecule has 0 unspecified atom stereocenters. The smallest absolute Gasteiger partial charge is 0.412 e. The van der Waals surface area contributed by atoms with E-state index in [0.29, 0.717) is 0 Å². The third-order valence-corrected chi connectivity index (χ3v) is 1.58. The van der Waals surface area contributed by atoms with Crippen LogP contribution in [0.1, 0.15) is 0 Å². The summed E-state index contributed by atoms with van der Waals surface area (Å²) in [5.74, 6) is 0.128. The molecular formula is C7H7Cl2N3O3. The first-order valence-corrected chi connectivity index (χ1v) is 4.62. The van der Waals surface area contributed by atoms with Gasteiger partial charge >= 0.3 is 6.09 Å². The Kier molecular flexibility index (Phi) is 4.54. The number of nitrogens with zero attached hydrogens (tertiary/aromatic N) is 2. The Bertz CT molecular complexity index is 341.